The Balaban J connectivity index is 1.64. The predicted molar refractivity (Wildman–Crippen MR) is 117 cm³/mol. The molecule has 0 aliphatic carbocycles. The topological polar surface area (TPSA) is 101 Å². The normalized spacial score (nSPS) is 25.8. The average Bonchev–Trinajstić information content (AvgIpc) is 3.23. The minimum atomic E-state index is -1.60. The van der Waals surface area contributed by atoms with E-state index < -0.39 is 53.8 Å². The highest BCUT2D eigenvalue weighted by Crippen LogP contribution is 2.38. The largest absolute Gasteiger partial charge is 0.394 e. The Hall–Kier alpha value is -1.71. The third-order valence-electron chi connectivity index (χ3n) is 4.99. The SMILES string of the molecule is OCC1O[C@H](Sc2cccc(I)c2)C(O)C(n2cc(-c3cc(F)c(F)c(F)c3)nn2)[C@H]1O. The molecule has 12 heteroatoms. The Kier molecular flexibility index (Phi) is 7.07. The summed E-state index contributed by atoms with van der Waals surface area (Å²) in [5.74, 6) is -4.36. The standard InChI is InChI=1S/C20H17F3IN3O4S/c21-12-4-9(5-13(22)16(12)23)14-7-27(26-25-14)17-18(29)15(8-28)31-20(19(17)30)32-11-3-1-2-10(24)6-11/h1-7,15,17-20,28-30H,8H2/t15?,17?,18-,19?,20+/m0/s1. The van der Waals surface area contributed by atoms with Gasteiger partial charge in [-0.2, -0.15) is 0 Å². The molecule has 1 fully saturated rings. The number of hydrogen-bond acceptors (Lipinski definition) is 7. The summed E-state index contributed by atoms with van der Waals surface area (Å²) in [5, 5.41) is 39.0. The van der Waals surface area contributed by atoms with E-state index in [-0.39, 0.29) is 11.3 Å². The number of benzene rings is 2. The fraction of sp³-hybridized carbons (Fsp3) is 0.300. The summed E-state index contributed by atoms with van der Waals surface area (Å²) in [6, 6.07) is 7.95. The quantitative estimate of drug-likeness (QED) is 0.316. The number of halogens is 4. The number of hydrogen-bond donors (Lipinski definition) is 3. The summed E-state index contributed by atoms with van der Waals surface area (Å²) in [7, 11) is 0. The van der Waals surface area contributed by atoms with E-state index in [9.17, 15) is 28.5 Å². The third kappa shape index (κ3) is 4.65. The molecule has 0 amide bonds. The molecule has 0 saturated carbocycles. The van der Waals surface area contributed by atoms with Crippen molar-refractivity contribution in [3.8, 4) is 11.3 Å². The van der Waals surface area contributed by atoms with E-state index in [1.165, 1.54) is 18.0 Å². The van der Waals surface area contributed by atoms with Crippen LogP contribution in [0.3, 0.4) is 0 Å². The lowest BCUT2D eigenvalue weighted by Crippen LogP contribution is -2.55. The molecule has 2 aromatic carbocycles. The van der Waals surface area contributed by atoms with Gasteiger partial charge in [0.05, 0.1) is 12.8 Å². The molecule has 3 unspecified atom stereocenters. The maximum Gasteiger partial charge on any atom is 0.194 e. The van der Waals surface area contributed by atoms with E-state index in [0.29, 0.717) is 0 Å². The minimum Gasteiger partial charge on any atom is -0.394 e. The summed E-state index contributed by atoms with van der Waals surface area (Å²) in [6.45, 7) is -0.510. The van der Waals surface area contributed by atoms with Crippen molar-refractivity contribution >= 4 is 34.4 Å². The lowest BCUT2D eigenvalue weighted by atomic mass is 9.97. The van der Waals surface area contributed by atoms with E-state index >= 15 is 0 Å². The summed E-state index contributed by atoms with van der Waals surface area (Å²) >= 11 is 3.37. The fourth-order valence-electron chi connectivity index (χ4n) is 3.41. The molecule has 0 spiro atoms. The Labute approximate surface area is 198 Å². The van der Waals surface area contributed by atoms with Crippen LogP contribution >= 0.6 is 34.4 Å². The highest BCUT2D eigenvalue weighted by atomic mass is 127. The van der Waals surface area contributed by atoms with E-state index in [4.69, 9.17) is 4.74 Å². The van der Waals surface area contributed by atoms with E-state index in [2.05, 4.69) is 32.9 Å². The van der Waals surface area contributed by atoms with Crippen LogP contribution in [-0.4, -0.2) is 60.7 Å². The van der Waals surface area contributed by atoms with E-state index in [0.717, 1.165) is 25.3 Å². The highest BCUT2D eigenvalue weighted by Gasteiger charge is 2.46. The van der Waals surface area contributed by atoms with Gasteiger partial charge in [0.1, 0.15) is 35.5 Å². The molecule has 3 N–H and O–H groups in total. The first-order valence-electron chi connectivity index (χ1n) is 9.40. The highest BCUT2D eigenvalue weighted by molar-refractivity contribution is 14.1. The number of aromatic nitrogens is 3. The Morgan fingerprint density at radius 3 is 2.47 bits per heavy atom. The van der Waals surface area contributed by atoms with Crippen molar-refractivity contribution in [3.05, 3.63) is 63.6 Å². The van der Waals surface area contributed by atoms with Crippen LogP contribution < -0.4 is 0 Å². The molecule has 5 atom stereocenters. The zero-order valence-corrected chi connectivity index (χ0v) is 19.1. The van der Waals surface area contributed by atoms with Gasteiger partial charge >= 0.3 is 0 Å². The van der Waals surface area contributed by atoms with Crippen LogP contribution in [0.1, 0.15) is 6.04 Å². The van der Waals surface area contributed by atoms with Crippen molar-refractivity contribution in [2.45, 2.75) is 34.7 Å². The summed E-state index contributed by atoms with van der Waals surface area (Å²) < 4.78 is 48.3. The van der Waals surface area contributed by atoms with Crippen molar-refractivity contribution in [3.63, 3.8) is 0 Å². The monoisotopic (exact) mass is 579 g/mol. The zero-order chi connectivity index (χ0) is 23.0. The third-order valence-corrected chi connectivity index (χ3v) is 6.81. The second-order valence-electron chi connectivity index (χ2n) is 7.11. The van der Waals surface area contributed by atoms with Crippen LogP contribution in [0.4, 0.5) is 13.2 Å². The van der Waals surface area contributed by atoms with Crippen LogP contribution in [0.25, 0.3) is 11.3 Å². The van der Waals surface area contributed by atoms with Crippen LogP contribution in [0.5, 0.6) is 0 Å². The fourth-order valence-corrected chi connectivity index (χ4v) is 5.28. The van der Waals surface area contributed by atoms with Gasteiger partial charge in [0.25, 0.3) is 0 Å². The zero-order valence-electron chi connectivity index (χ0n) is 16.1. The number of aliphatic hydroxyl groups is 3. The first kappa shape index (κ1) is 23.4. The molecule has 170 valence electrons. The molecule has 32 heavy (non-hydrogen) atoms. The van der Waals surface area contributed by atoms with Gasteiger partial charge in [-0.1, -0.05) is 23.0 Å². The molecule has 0 radical (unpaired) electrons. The van der Waals surface area contributed by atoms with Crippen molar-refractivity contribution in [1.82, 2.24) is 15.0 Å². The summed E-state index contributed by atoms with van der Waals surface area (Å²) in [6.07, 6.45) is -2.36. The molecule has 0 bridgehead atoms. The van der Waals surface area contributed by atoms with Crippen LogP contribution in [0.15, 0.2) is 47.5 Å². The lowest BCUT2D eigenvalue weighted by molar-refractivity contribution is -0.178. The number of thioether (sulfide) groups is 1. The van der Waals surface area contributed by atoms with Crippen LogP contribution in [-0.2, 0) is 4.74 Å². The van der Waals surface area contributed by atoms with Gasteiger partial charge in [0.15, 0.2) is 17.5 Å². The summed E-state index contributed by atoms with van der Waals surface area (Å²) in [5.41, 5.74) is -0.907. The molecule has 1 aromatic heterocycles. The van der Waals surface area contributed by atoms with E-state index in [1.807, 2.05) is 24.3 Å². The van der Waals surface area contributed by atoms with Gasteiger partial charge in [-0.3, -0.25) is 0 Å². The number of nitrogens with zero attached hydrogens (tertiary/aromatic N) is 3. The van der Waals surface area contributed by atoms with Gasteiger partial charge in [0.2, 0.25) is 0 Å². The van der Waals surface area contributed by atoms with E-state index in [1.54, 1.807) is 0 Å². The first-order chi connectivity index (χ1) is 15.3. The van der Waals surface area contributed by atoms with Crippen LogP contribution in [0.2, 0.25) is 0 Å². The number of aliphatic hydroxyl groups excluding tert-OH is 3. The molecule has 2 heterocycles. The second-order valence-corrected chi connectivity index (χ2v) is 9.53. The number of rotatable bonds is 5. The second kappa shape index (κ2) is 9.65. The molecule has 4 rings (SSSR count). The minimum absolute atomic E-state index is 0.0102. The molecular weight excluding hydrogens is 562 g/mol. The number of ether oxygens (including phenoxy) is 1. The smallest absolute Gasteiger partial charge is 0.194 e. The van der Waals surface area contributed by atoms with Crippen molar-refractivity contribution in [2.24, 2.45) is 0 Å². The van der Waals surface area contributed by atoms with Gasteiger partial charge < -0.3 is 20.1 Å². The van der Waals surface area contributed by atoms with Crippen molar-refractivity contribution < 1.29 is 33.2 Å². The van der Waals surface area contributed by atoms with Gasteiger partial charge in [-0.15, -0.1) is 5.10 Å². The predicted octanol–water partition coefficient (Wildman–Crippen LogP) is 2.74. The molecule has 3 aromatic rings. The van der Waals surface area contributed by atoms with Gasteiger partial charge in [-0.05, 0) is 52.9 Å². The van der Waals surface area contributed by atoms with Crippen molar-refractivity contribution in [2.75, 3.05) is 6.61 Å². The molecule has 1 aliphatic rings. The Morgan fingerprint density at radius 1 is 1.09 bits per heavy atom. The lowest BCUT2D eigenvalue weighted by Gasteiger charge is -2.41. The van der Waals surface area contributed by atoms with Crippen molar-refractivity contribution in [1.29, 1.82) is 0 Å². The maximum atomic E-state index is 13.6. The maximum absolute atomic E-state index is 13.6. The molecule has 7 nitrogen and oxygen atoms in total. The van der Waals surface area contributed by atoms with Gasteiger partial charge in [0, 0.05) is 14.0 Å². The summed E-state index contributed by atoms with van der Waals surface area (Å²) in [4.78, 5) is 0.810. The molecular formula is C20H17F3IN3O4S. The Bertz CT molecular complexity index is 1100. The average molecular weight is 579 g/mol. The van der Waals surface area contributed by atoms with Gasteiger partial charge in [-0.25, -0.2) is 17.9 Å². The van der Waals surface area contributed by atoms with Crippen LogP contribution in [0, 0.1) is 21.0 Å². The Morgan fingerprint density at radius 2 is 1.81 bits per heavy atom. The molecule has 1 aliphatic heterocycles. The first-order valence-corrected chi connectivity index (χ1v) is 11.4. The molecule has 1 saturated heterocycles.